The van der Waals surface area contributed by atoms with Gasteiger partial charge >= 0.3 is 0 Å². The Labute approximate surface area is 114 Å². The monoisotopic (exact) mass is 259 g/mol. The van der Waals surface area contributed by atoms with Gasteiger partial charge in [-0.2, -0.15) is 0 Å². The summed E-state index contributed by atoms with van der Waals surface area (Å²) in [5.41, 5.74) is 2.30. The average Bonchev–Trinajstić information content (AvgIpc) is 2.40. The average molecular weight is 259 g/mol. The number of likely N-dealkylation sites (N-methyl/N-ethyl adjacent to an activating group) is 1. The van der Waals surface area contributed by atoms with E-state index in [1.54, 1.807) is 0 Å². The minimum Gasteiger partial charge on any atom is -0.334 e. The van der Waals surface area contributed by atoms with E-state index in [2.05, 4.69) is 41.2 Å². The van der Waals surface area contributed by atoms with Gasteiger partial charge in [-0.25, -0.2) is 0 Å². The van der Waals surface area contributed by atoms with Crippen LogP contribution in [0.5, 0.6) is 0 Å². The van der Waals surface area contributed by atoms with Crippen molar-refractivity contribution >= 4 is 5.91 Å². The summed E-state index contributed by atoms with van der Waals surface area (Å²) in [7, 11) is 2.12. The molecule has 1 aromatic carbocycles. The van der Waals surface area contributed by atoms with E-state index in [1.165, 1.54) is 5.56 Å². The lowest BCUT2D eigenvalue weighted by atomic mass is 9.96. The van der Waals surface area contributed by atoms with Crippen LogP contribution in [-0.4, -0.2) is 55.0 Å². The summed E-state index contributed by atoms with van der Waals surface area (Å²) in [5, 5.41) is 3.43. The molecule has 4 heteroatoms. The van der Waals surface area contributed by atoms with Gasteiger partial charge in [-0.05, 0) is 25.1 Å². The summed E-state index contributed by atoms with van der Waals surface area (Å²) in [5.74, 6) is 0.235. The number of hydrogen-bond acceptors (Lipinski definition) is 3. The van der Waals surface area contributed by atoms with E-state index in [9.17, 15) is 4.79 Å². The molecule has 0 aliphatic carbocycles. The number of fused-ring (bicyclic) bond motifs is 1. The fourth-order valence-electron chi connectivity index (χ4n) is 3.14. The Balaban J connectivity index is 1.83. The molecule has 0 radical (unpaired) electrons. The first-order valence-electron chi connectivity index (χ1n) is 6.95. The Morgan fingerprint density at radius 3 is 2.84 bits per heavy atom. The predicted octanol–water partition coefficient (Wildman–Crippen LogP) is 0.782. The van der Waals surface area contributed by atoms with Crippen LogP contribution in [0.2, 0.25) is 0 Å². The second kappa shape index (κ2) is 4.94. The first kappa shape index (κ1) is 12.6. The van der Waals surface area contributed by atoms with Crippen molar-refractivity contribution in [2.45, 2.75) is 19.0 Å². The van der Waals surface area contributed by atoms with E-state index in [4.69, 9.17) is 0 Å². The normalized spacial score (nSPS) is 28.3. The highest BCUT2D eigenvalue weighted by Crippen LogP contribution is 2.25. The van der Waals surface area contributed by atoms with Crippen LogP contribution in [-0.2, 0) is 4.79 Å². The second-order valence-corrected chi connectivity index (χ2v) is 5.65. The molecule has 102 valence electrons. The van der Waals surface area contributed by atoms with Gasteiger partial charge in [0.15, 0.2) is 0 Å². The largest absolute Gasteiger partial charge is 0.334 e. The molecule has 1 N–H and O–H groups in total. The van der Waals surface area contributed by atoms with Crippen molar-refractivity contribution in [3.63, 3.8) is 0 Å². The van der Waals surface area contributed by atoms with Gasteiger partial charge in [-0.1, -0.05) is 24.3 Å². The summed E-state index contributed by atoms with van der Waals surface area (Å²) < 4.78 is 0. The molecule has 1 aromatic rings. The highest BCUT2D eigenvalue weighted by molar-refractivity contribution is 5.85. The van der Waals surface area contributed by atoms with E-state index in [0.717, 1.165) is 31.7 Å². The third-order valence-corrected chi connectivity index (χ3v) is 4.27. The lowest BCUT2D eigenvalue weighted by Gasteiger charge is -2.45. The lowest BCUT2D eigenvalue weighted by Crippen LogP contribution is -2.63. The molecular weight excluding hydrogens is 238 g/mol. The standard InChI is InChI=1S/C15H21N3O/c1-11-5-3-4-6-13(11)14-15(19)18-8-7-17(2)10-12(18)9-16-14/h3-6,12,14,16H,7-10H2,1-2H3. The van der Waals surface area contributed by atoms with Crippen LogP contribution in [0.3, 0.4) is 0 Å². The third-order valence-electron chi connectivity index (χ3n) is 4.27. The Bertz CT molecular complexity index is 488. The molecule has 2 aliphatic heterocycles. The number of amides is 1. The molecule has 2 unspecified atom stereocenters. The molecule has 19 heavy (non-hydrogen) atoms. The fraction of sp³-hybridized carbons (Fsp3) is 0.533. The van der Waals surface area contributed by atoms with Crippen LogP contribution < -0.4 is 5.32 Å². The second-order valence-electron chi connectivity index (χ2n) is 5.65. The molecule has 0 saturated carbocycles. The fourth-order valence-corrected chi connectivity index (χ4v) is 3.14. The van der Waals surface area contributed by atoms with Crippen molar-refractivity contribution in [2.24, 2.45) is 0 Å². The van der Waals surface area contributed by atoms with Crippen molar-refractivity contribution in [2.75, 3.05) is 33.2 Å². The van der Waals surface area contributed by atoms with Crippen LogP contribution in [0.25, 0.3) is 0 Å². The minimum absolute atomic E-state index is 0.166. The Morgan fingerprint density at radius 2 is 2.05 bits per heavy atom. The third kappa shape index (κ3) is 2.26. The predicted molar refractivity (Wildman–Crippen MR) is 74.9 cm³/mol. The molecule has 0 spiro atoms. The number of carbonyl (C=O) groups excluding carboxylic acids is 1. The smallest absolute Gasteiger partial charge is 0.244 e. The zero-order valence-electron chi connectivity index (χ0n) is 11.6. The number of carbonyl (C=O) groups is 1. The topological polar surface area (TPSA) is 35.6 Å². The maximum absolute atomic E-state index is 12.7. The van der Waals surface area contributed by atoms with Crippen LogP contribution in [0.4, 0.5) is 0 Å². The maximum Gasteiger partial charge on any atom is 0.244 e. The number of aryl methyl sites for hydroxylation is 1. The Hall–Kier alpha value is -1.39. The van der Waals surface area contributed by atoms with Gasteiger partial charge in [0.1, 0.15) is 6.04 Å². The highest BCUT2D eigenvalue weighted by Gasteiger charge is 2.38. The van der Waals surface area contributed by atoms with Gasteiger partial charge in [0.05, 0.1) is 6.04 Å². The zero-order chi connectivity index (χ0) is 13.4. The number of nitrogens with one attached hydrogen (secondary N) is 1. The zero-order valence-corrected chi connectivity index (χ0v) is 11.6. The van der Waals surface area contributed by atoms with Crippen LogP contribution in [0, 0.1) is 6.92 Å². The van der Waals surface area contributed by atoms with E-state index in [1.807, 2.05) is 12.1 Å². The number of rotatable bonds is 1. The SMILES string of the molecule is Cc1ccccc1C1NCC2CN(C)CCN2C1=O. The maximum atomic E-state index is 12.7. The van der Waals surface area contributed by atoms with E-state index in [0.29, 0.717) is 6.04 Å². The molecule has 2 aliphatic rings. The van der Waals surface area contributed by atoms with Gasteiger partial charge < -0.3 is 15.1 Å². The van der Waals surface area contributed by atoms with E-state index >= 15 is 0 Å². The van der Waals surface area contributed by atoms with Gasteiger partial charge in [0, 0.05) is 26.2 Å². The molecule has 1 amide bonds. The van der Waals surface area contributed by atoms with Gasteiger partial charge in [0.2, 0.25) is 5.91 Å². The number of hydrogen-bond donors (Lipinski definition) is 1. The number of piperazine rings is 2. The van der Waals surface area contributed by atoms with Gasteiger partial charge in [-0.3, -0.25) is 4.79 Å². The first-order chi connectivity index (χ1) is 9.16. The van der Waals surface area contributed by atoms with Gasteiger partial charge in [-0.15, -0.1) is 0 Å². The van der Waals surface area contributed by atoms with Crippen LogP contribution >= 0.6 is 0 Å². The van der Waals surface area contributed by atoms with E-state index < -0.39 is 0 Å². The summed E-state index contributed by atoms with van der Waals surface area (Å²) in [4.78, 5) is 17.0. The Morgan fingerprint density at radius 1 is 1.26 bits per heavy atom. The molecule has 3 rings (SSSR count). The van der Waals surface area contributed by atoms with Crippen molar-refractivity contribution < 1.29 is 4.79 Å². The summed E-state index contributed by atoms with van der Waals surface area (Å²) in [6.07, 6.45) is 0. The summed E-state index contributed by atoms with van der Waals surface area (Å²) >= 11 is 0. The highest BCUT2D eigenvalue weighted by atomic mass is 16.2. The number of benzene rings is 1. The molecule has 2 fully saturated rings. The van der Waals surface area contributed by atoms with Crippen LogP contribution in [0.15, 0.2) is 24.3 Å². The molecule has 2 saturated heterocycles. The van der Waals surface area contributed by atoms with Crippen LogP contribution in [0.1, 0.15) is 17.2 Å². The minimum atomic E-state index is -0.166. The van der Waals surface area contributed by atoms with Crippen molar-refractivity contribution in [1.82, 2.24) is 15.1 Å². The molecule has 0 aromatic heterocycles. The molecule has 0 bridgehead atoms. The van der Waals surface area contributed by atoms with E-state index in [-0.39, 0.29) is 11.9 Å². The molecular formula is C15H21N3O. The Kier molecular flexibility index (Phi) is 3.29. The lowest BCUT2D eigenvalue weighted by molar-refractivity contribution is -0.141. The quantitative estimate of drug-likeness (QED) is 0.809. The number of nitrogens with zero attached hydrogens (tertiary/aromatic N) is 2. The summed E-state index contributed by atoms with van der Waals surface area (Å²) in [6.45, 7) is 5.75. The van der Waals surface area contributed by atoms with Gasteiger partial charge in [0.25, 0.3) is 0 Å². The first-order valence-corrected chi connectivity index (χ1v) is 6.95. The van der Waals surface area contributed by atoms with Crippen molar-refractivity contribution in [1.29, 1.82) is 0 Å². The van der Waals surface area contributed by atoms with Crippen molar-refractivity contribution in [3.8, 4) is 0 Å². The molecule has 2 heterocycles. The molecule has 2 atom stereocenters. The van der Waals surface area contributed by atoms with Crippen molar-refractivity contribution in [3.05, 3.63) is 35.4 Å². The summed E-state index contributed by atoms with van der Waals surface area (Å²) in [6, 6.07) is 8.31. The molecule has 4 nitrogen and oxygen atoms in total.